The molecule has 5 nitrogen and oxygen atoms in total. The lowest BCUT2D eigenvalue weighted by molar-refractivity contribution is -0.120. The van der Waals surface area contributed by atoms with Crippen LogP contribution in [0.15, 0.2) is 64.5 Å². The average molecular weight is 396 g/mol. The molecule has 0 aliphatic heterocycles. The summed E-state index contributed by atoms with van der Waals surface area (Å²) in [6.45, 7) is 7.00. The number of nitrogens with one attached hydrogen (secondary N) is 1. The van der Waals surface area contributed by atoms with Gasteiger partial charge in [-0.05, 0) is 30.5 Å². The number of carbonyl (C=O) groups excluding carboxylic acids is 1. The smallest absolute Gasteiger partial charge is 0.262 e. The number of carbonyl (C=O) groups is 1. The van der Waals surface area contributed by atoms with Crippen molar-refractivity contribution >= 4 is 28.6 Å². The molecule has 0 fully saturated rings. The summed E-state index contributed by atoms with van der Waals surface area (Å²) in [7, 11) is 0. The van der Waals surface area contributed by atoms with Gasteiger partial charge in [-0.1, -0.05) is 68.1 Å². The molecule has 0 aliphatic carbocycles. The number of hydrogen-bond acceptors (Lipinski definition) is 4. The van der Waals surface area contributed by atoms with E-state index in [1.165, 1.54) is 11.8 Å². The van der Waals surface area contributed by atoms with Crippen molar-refractivity contribution in [2.24, 2.45) is 5.92 Å². The van der Waals surface area contributed by atoms with Gasteiger partial charge in [-0.3, -0.25) is 14.2 Å². The molecule has 0 aliphatic rings. The van der Waals surface area contributed by atoms with Gasteiger partial charge in [0, 0.05) is 6.54 Å². The predicted molar refractivity (Wildman–Crippen MR) is 115 cm³/mol. The van der Waals surface area contributed by atoms with E-state index < -0.39 is 0 Å². The van der Waals surface area contributed by atoms with E-state index in [0.717, 1.165) is 5.56 Å². The van der Waals surface area contributed by atoms with Gasteiger partial charge in [-0.15, -0.1) is 0 Å². The minimum Gasteiger partial charge on any atom is -0.355 e. The first-order valence-electron chi connectivity index (χ1n) is 9.43. The number of aromatic nitrogens is 2. The Morgan fingerprint density at radius 3 is 2.46 bits per heavy atom. The number of fused-ring (bicyclic) bond motifs is 1. The second-order valence-electron chi connectivity index (χ2n) is 7.19. The molecule has 0 unspecified atom stereocenters. The van der Waals surface area contributed by atoms with Crippen LogP contribution in [0.3, 0.4) is 0 Å². The zero-order chi connectivity index (χ0) is 20.1. The molecule has 1 amide bonds. The monoisotopic (exact) mass is 395 g/mol. The van der Waals surface area contributed by atoms with Gasteiger partial charge in [0.1, 0.15) is 0 Å². The summed E-state index contributed by atoms with van der Waals surface area (Å²) in [6, 6.07) is 17.1. The first kappa shape index (κ1) is 20.1. The number of thioether (sulfide) groups is 1. The van der Waals surface area contributed by atoms with Gasteiger partial charge < -0.3 is 5.32 Å². The molecule has 6 heteroatoms. The second-order valence-corrected chi connectivity index (χ2v) is 8.50. The molecule has 0 spiro atoms. The Labute approximate surface area is 169 Å². The van der Waals surface area contributed by atoms with Crippen molar-refractivity contribution in [3.05, 3.63) is 70.5 Å². The number of para-hydroxylation sites is 1. The first-order chi connectivity index (χ1) is 13.5. The summed E-state index contributed by atoms with van der Waals surface area (Å²) in [6.07, 6.45) is 0. The molecule has 3 rings (SSSR count). The summed E-state index contributed by atoms with van der Waals surface area (Å²) in [5.74, 6) is 0.337. The highest BCUT2D eigenvalue weighted by atomic mass is 32.2. The summed E-state index contributed by atoms with van der Waals surface area (Å²) in [5, 5.41) is 3.73. The van der Waals surface area contributed by atoms with Gasteiger partial charge in [-0.2, -0.15) is 0 Å². The fraction of sp³-hybridized carbons (Fsp3) is 0.318. The van der Waals surface area contributed by atoms with Crippen LogP contribution in [0, 0.1) is 5.92 Å². The molecule has 1 atom stereocenters. The number of benzene rings is 2. The minimum absolute atomic E-state index is 0.0487. The van der Waals surface area contributed by atoms with Crippen LogP contribution in [-0.4, -0.2) is 27.3 Å². The van der Waals surface area contributed by atoms with Crippen LogP contribution in [0.2, 0.25) is 0 Å². The van der Waals surface area contributed by atoms with Gasteiger partial charge in [0.25, 0.3) is 5.56 Å². The number of hydrogen-bond donors (Lipinski definition) is 1. The number of nitrogens with zero attached hydrogens (tertiary/aromatic N) is 2. The van der Waals surface area contributed by atoms with Crippen molar-refractivity contribution in [3.63, 3.8) is 0 Å². The van der Waals surface area contributed by atoms with Crippen LogP contribution < -0.4 is 10.9 Å². The number of rotatable bonds is 7. The Kier molecular flexibility index (Phi) is 6.52. The Morgan fingerprint density at radius 2 is 1.75 bits per heavy atom. The zero-order valence-corrected chi connectivity index (χ0v) is 17.2. The third kappa shape index (κ3) is 4.81. The Hall–Kier alpha value is -2.60. The van der Waals surface area contributed by atoms with Crippen molar-refractivity contribution < 1.29 is 4.79 Å². The van der Waals surface area contributed by atoms with Gasteiger partial charge in [0.15, 0.2) is 5.16 Å². The quantitative estimate of drug-likeness (QED) is 0.489. The second kappa shape index (κ2) is 9.06. The third-order valence-electron chi connectivity index (χ3n) is 4.35. The number of amides is 1. The molecule has 0 saturated carbocycles. The van der Waals surface area contributed by atoms with Gasteiger partial charge in [0.05, 0.1) is 22.7 Å². The van der Waals surface area contributed by atoms with E-state index in [0.29, 0.717) is 35.1 Å². The highest BCUT2D eigenvalue weighted by Gasteiger charge is 2.19. The topological polar surface area (TPSA) is 64.0 Å². The fourth-order valence-electron chi connectivity index (χ4n) is 2.80. The molecule has 0 bridgehead atoms. The molecule has 1 aromatic heterocycles. The zero-order valence-electron chi connectivity index (χ0n) is 16.4. The molecule has 3 aromatic rings. The molecule has 28 heavy (non-hydrogen) atoms. The van der Waals surface area contributed by atoms with Crippen LogP contribution in [0.5, 0.6) is 0 Å². The van der Waals surface area contributed by atoms with Crippen molar-refractivity contribution in [3.8, 4) is 0 Å². The molecular weight excluding hydrogens is 370 g/mol. The lowest BCUT2D eigenvalue weighted by Gasteiger charge is -2.17. The van der Waals surface area contributed by atoms with E-state index >= 15 is 0 Å². The van der Waals surface area contributed by atoms with Crippen LogP contribution in [0.25, 0.3) is 10.9 Å². The molecule has 2 aromatic carbocycles. The maximum atomic E-state index is 13.1. The molecule has 1 N–H and O–H groups in total. The highest BCUT2D eigenvalue weighted by Crippen LogP contribution is 2.23. The normalized spacial score (nSPS) is 12.3. The van der Waals surface area contributed by atoms with Crippen LogP contribution in [0.1, 0.15) is 26.3 Å². The van der Waals surface area contributed by atoms with Gasteiger partial charge in [-0.25, -0.2) is 4.98 Å². The molecule has 1 heterocycles. The lowest BCUT2D eigenvalue weighted by atomic mass is 10.2. The fourth-order valence-corrected chi connectivity index (χ4v) is 3.74. The minimum atomic E-state index is -0.353. The summed E-state index contributed by atoms with van der Waals surface area (Å²) >= 11 is 1.32. The van der Waals surface area contributed by atoms with Crippen LogP contribution in [0.4, 0.5) is 0 Å². The predicted octanol–water partition coefficient (Wildman–Crippen LogP) is 3.70. The summed E-state index contributed by atoms with van der Waals surface area (Å²) < 4.78 is 1.66. The maximum Gasteiger partial charge on any atom is 0.262 e. The molecule has 146 valence electrons. The van der Waals surface area contributed by atoms with Crippen LogP contribution in [-0.2, 0) is 11.3 Å². The van der Waals surface area contributed by atoms with E-state index in [9.17, 15) is 9.59 Å². The van der Waals surface area contributed by atoms with E-state index in [4.69, 9.17) is 4.98 Å². The molecule has 0 saturated heterocycles. The first-order valence-corrected chi connectivity index (χ1v) is 10.3. The molecule has 0 radical (unpaired) electrons. The van der Waals surface area contributed by atoms with Gasteiger partial charge >= 0.3 is 0 Å². The van der Waals surface area contributed by atoms with Crippen molar-refractivity contribution in [1.29, 1.82) is 0 Å². The standard InChI is InChI=1S/C22H25N3O2S/c1-15(2)13-23-20(26)16(3)28-22-24-19-12-8-7-11-18(19)21(27)25(22)14-17-9-5-4-6-10-17/h4-12,15-16H,13-14H2,1-3H3,(H,23,26)/t16-/m0/s1. The van der Waals surface area contributed by atoms with E-state index in [1.807, 2.05) is 55.5 Å². The SMILES string of the molecule is CC(C)CNC(=O)[C@H](C)Sc1nc2ccccc2c(=O)n1Cc1ccccc1. The van der Waals surface area contributed by atoms with Crippen molar-refractivity contribution in [2.75, 3.05) is 6.54 Å². The average Bonchev–Trinajstić information content (AvgIpc) is 2.69. The lowest BCUT2D eigenvalue weighted by Crippen LogP contribution is -2.34. The highest BCUT2D eigenvalue weighted by molar-refractivity contribution is 8.00. The summed E-state index contributed by atoms with van der Waals surface area (Å²) in [5.41, 5.74) is 1.57. The maximum absolute atomic E-state index is 13.1. The third-order valence-corrected chi connectivity index (χ3v) is 5.44. The Bertz CT molecular complexity index is 1020. The van der Waals surface area contributed by atoms with E-state index in [2.05, 4.69) is 19.2 Å². The van der Waals surface area contributed by atoms with E-state index in [1.54, 1.807) is 10.6 Å². The Balaban J connectivity index is 1.96. The van der Waals surface area contributed by atoms with E-state index in [-0.39, 0.29) is 16.7 Å². The van der Waals surface area contributed by atoms with Crippen molar-refractivity contribution in [2.45, 2.75) is 37.7 Å². The van der Waals surface area contributed by atoms with Crippen molar-refractivity contribution in [1.82, 2.24) is 14.9 Å². The largest absolute Gasteiger partial charge is 0.355 e. The van der Waals surface area contributed by atoms with Crippen LogP contribution >= 0.6 is 11.8 Å². The van der Waals surface area contributed by atoms with Gasteiger partial charge in [0.2, 0.25) is 5.91 Å². The summed E-state index contributed by atoms with van der Waals surface area (Å²) in [4.78, 5) is 30.2. The Morgan fingerprint density at radius 1 is 1.07 bits per heavy atom. The molecular formula is C22H25N3O2S.